The molecule has 1 aliphatic heterocycles. The molecule has 4 nitrogen and oxygen atoms in total. The van der Waals surface area contributed by atoms with Gasteiger partial charge in [0.15, 0.2) is 0 Å². The first-order valence-corrected chi connectivity index (χ1v) is 10.2. The monoisotopic (exact) mass is 385 g/mol. The van der Waals surface area contributed by atoms with Gasteiger partial charge in [0.25, 0.3) is 5.91 Å². The molecule has 0 saturated carbocycles. The van der Waals surface area contributed by atoms with Crippen molar-refractivity contribution in [3.8, 4) is 0 Å². The highest BCUT2D eigenvalue weighted by atomic mass is 16.2. The average molecular weight is 386 g/mol. The van der Waals surface area contributed by atoms with Crippen LogP contribution in [0.15, 0.2) is 72.9 Å². The summed E-state index contributed by atoms with van der Waals surface area (Å²) in [7, 11) is 0. The van der Waals surface area contributed by atoms with E-state index in [1.54, 1.807) is 12.3 Å². The molecule has 0 N–H and O–H groups in total. The van der Waals surface area contributed by atoms with Crippen molar-refractivity contribution in [1.82, 2.24) is 14.8 Å². The summed E-state index contributed by atoms with van der Waals surface area (Å²) < 4.78 is 0. The summed E-state index contributed by atoms with van der Waals surface area (Å²) in [5.74, 6) is 0.0215. The first-order valence-electron chi connectivity index (χ1n) is 10.2. The van der Waals surface area contributed by atoms with Crippen LogP contribution in [0.25, 0.3) is 0 Å². The van der Waals surface area contributed by atoms with E-state index in [2.05, 4.69) is 72.3 Å². The molecule has 0 radical (unpaired) electrons. The second-order valence-corrected chi connectivity index (χ2v) is 7.72. The number of piperazine rings is 1. The molecule has 1 saturated heterocycles. The van der Waals surface area contributed by atoms with Gasteiger partial charge in [-0.1, -0.05) is 60.2 Å². The first kappa shape index (κ1) is 19.3. The highest BCUT2D eigenvalue weighted by Crippen LogP contribution is 2.32. The lowest BCUT2D eigenvalue weighted by Crippen LogP contribution is -2.50. The normalized spacial score (nSPS) is 15.9. The van der Waals surface area contributed by atoms with Gasteiger partial charge in [0, 0.05) is 32.4 Å². The van der Waals surface area contributed by atoms with E-state index in [1.807, 2.05) is 17.0 Å². The molecule has 0 bridgehead atoms. The molecule has 0 unspecified atom stereocenters. The predicted octanol–water partition coefficient (Wildman–Crippen LogP) is 4.25. The van der Waals surface area contributed by atoms with Gasteiger partial charge >= 0.3 is 0 Å². The number of aryl methyl sites for hydroxylation is 2. The molecule has 2 heterocycles. The average Bonchev–Trinajstić information content (AvgIpc) is 2.78. The Bertz CT molecular complexity index is 964. The van der Waals surface area contributed by atoms with Gasteiger partial charge in [-0.2, -0.15) is 0 Å². The number of nitrogens with zero attached hydrogens (tertiary/aromatic N) is 3. The standard InChI is InChI=1S/C25H27N3O/c1-19-11-12-20(2)22(18-19)24(21-8-4-3-5-9-21)27-14-16-28(17-15-27)25(29)23-10-6-7-13-26-23/h3-13,18,24H,14-17H2,1-2H3/t24-/m1/s1. The van der Waals surface area contributed by atoms with Crippen molar-refractivity contribution >= 4 is 5.91 Å². The Balaban J connectivity index is 1.57. The molecule has 0 spiro atoms. The third kappa shape index (κ3) is 4.22. The van der Waals surface area contributed by atoms with Crippen LogP contribution < -0.4 is 0 Å². The predicted molar refractivity (Wildman–Crippen MR) is 116 cm³/mol. The molecule has 1 amide bonds. The Morgan fingerprint density at radius 3 is 2.31 bits per heavy atom. The molecule has 148 valence electrons. The number of pyridine rings is 1. The Labute approximate surface area is 172 Å². The quantitative estimate of drug-likeness (QED) is 0.674. The SMILES string of the molecule is Cc1ccc(C)c([C@@H](c2ccccc2)N2CCN(C(=O)c3ccccn3)CC2)c1. The molecular weight excluding hydrogens is 358 g/mol. The third-order valence-electron chi connectivity index (χ3n) is 5.70. The van der Waals surface area contributed by atoms with Crippen LogP contribution in [0.2, 0.25) is 0 Å². The Morgan fingerprint density at radius 1 is 0.897 bits per heavy atom. The fourth-order valence-corrected chi connectivity index (χ4v) is 4.11. The second kappa shape index (κ2) is 8.58. The van der Waals surface area contributed by atoms with Gasteiger partial charge in [-0.15, -0.1) is 0 Å². The zero-order valence-electron chi connectivity index (χ0n) is 17.1. The second-order valence-electron chi connectivity index (χ2n) is 7.72. The first-order chi connectivity index (χ1) is 14.1. The maximum absolute atomic E-state index is 12.8. The lowest BCUT2D eigenvalue weighted by Gasteiger charge is -2.40. The zero-order chi connectivity index (χ0) is 20.2. The number of carbonyl (C=O) groups is 1. The molecule has 1 aromatic heterocycles. The summed E-state index contributed by atoms with van der Waals surface area (Å²) in [4.78, 5) is 21.4. The molecule has 29 heavy (non-hydrogen) atoms. The highest BCUT2D eigenvalue weighted by Gasteiger charge is 2.29. The molecule has 4 rings (SSSR count). The summed E-state index contributed by atoms with van der Waals surface area (Å²) in [6, 6.07) is 23.1. The molecule has 1 aliphatic rings. The topological polar surface area (TPSA) is 36.4 Å². The van der Waals surface area contributed by atoms with Crippen LogP contribution in [0.1, 0.15) is 38.8 Å². The van der Waals surface area contributed by atoms with E-state index in [0.29, 0.717) is 18.8 Å². The minimum absolute atomic E-state index is 0.0215. The molecule has 2 aromatic carbocycles. The summed E-state index contributed by atoms with van der Waals surface area (Å²) in [6.45, 7) is 7.43. The van der Waals surface area contributed by atoms with Gasteiger partial charge in [-0.25, -0.2) is 0 Å². The maximum Gasteiger partial charge on any atom is 0.272 e. The van der Waals surface area contributed by atoms with Crippen molar-refractivity contribution in [3.63, 3.8) is 0 Å². The number of hydrogen-bond acceptors (Lipinski definition) is 3. The van der Waals surface area contributed by atoms with Gasteiger partial charge in [-0.3, -0.25) is 14.7 Å². The van der Waals surface area contributed by atoms with E-state index < -0.39 is 0 Å². The van der Waals surface area contributed by atoms with E-state index in [-0.39, 0.29) is 11.9 Å². The van der Waals surface area contributed by atoms with E-state index in [4.69, 9.17) is 0 Å². The minimum Gasteiger partial charge on any atom is -0.335 e. The van der Waals surface area contributed by atoms with Crippen LogP contribution in [-0.4, -0.2) is 46.9 Å². The molecular formula is C25H27N3O. The van der Waals surface area contributed by atoms with Gasteiger partial charge in [-0.05, 0) is 42.7 Å². The summed E-state index contributed by atoms with van der Waals surface area (Å²) in [5.41, 5.74) is 5.74. The van der Waals surface area contributed by atoms with Crippen LogP contribution in [0.3, 0.4) is 0 Å². The van der Waals surface area contributed by atoms with E-state index in [1.165, 1.54) is 22.3 Å². The van der Waals surface area contributed by atoms with E-state index in [9.17, 15) is 4.79 Å². The smallest absolute Gasteiger partial charge is 0.272 e. The summed E-state index contributed by atoms with van der Waals surface area (Å²) >= 11 is 0. The molecule has 0 aliphatic carbocycles. The maximum atomic E-state index is 12.8. The van der Waals surface area contributed by atoms with Crippen LogP contribution in [-0.2, 0) is 0 Å². The molecule has 1 fully saturated rings. The number of benzene rings is 2. The fraction of sp³-hybridized carbons (Fsp3) is 0.280. The van der Waals surface area contributed by atoms with Gasteiger partial charge in [0.05, 0.1) is 6.04 Å². The summed E-state index contributed by atoms with van der Waals surface area (Å²) in [6.07, 6.45) is 1.68. The zero-order valence-corrected chi connectivity index (χ0v) is 17.1. The van der Waals surface area contributed by atoms with Gasteiger partial charge < -0.3 is 4.90 Å². The van der Waals surface area contributed by atoms with Crippen molar-refractivity contribution < 1.29 is 4.79 Å². The molecule has 1 atom stereocenters. The van der Waals surface area contributed by atoms with Crippen LogP contribution >= 0.6 is 0 Å². The number of carbonyl (C=O) groups excluding carboxylic acids is 1. The molecule has 4 heteroatoms. The Hall–Kier alpha value is -2.98. The van der Waals surface area contributed by atoms with Crippen molar-refractivity contribution in [3.05, 3.63) is 101 Å². The largest absolute Gasteiger partial charge is 0.335 e. The third-order valence-corrected chi connectivity index (χ3v) is 5.70. The van der Waals surface area contributed by atoms with E-state index in [0.717, 1.165) is 13.1 Å². The number of aromatic nitrogens is 1. The lowest BCUT2D eigenvalue weighted by atomic mass is 9.92. The van der Waals surface area contributed by atoms with Crippen molar-refractivity contribution in [2.75, 3.05) is 26.2 Å². The molecule has 3 aromatic rings. The van der Waals surface area contributed by atoms with Crippen molar-refractivity contribution in [1.29, 1.82) is 0 Å². The fourth-order valence-electron chi connectivity index (χ4n) is 4.11. The number of hydrogen-bond donors (Lipinski definition) is 0. The minimum atomic E-state index is 0.0215. The van der Waals surface area contributed by atoms with Crippen molar-refractivity contribution in [2.45, 2.75) is 19.9 Å². The van der Waals surface area contributed by atoms with Crippen molar-refractivity contribution in [2.24, 2.45) is 0 Å². The van der Waals surface area contributed by atoms with Gasteiger partial charge in [0.2, 0.25) is 0 Å². The van der Waals surface area contributed by atoms with Crippen LogP contribution in [0, 0.1) is 13.8 Å². The lowest BCUT2D eigenvalue weighted by molar-refractivity contribution is 0.0591. The highest BCUT2D eigenvalue weighted by molar-refractivity contribution is 5.92. The number of amides is 1. The van der Waals surface area contributed by atoms with E-state index >= 15 is 0 Å². The van der Waals surface area contributed by atoms with Crippen LogP contribution in [0.5, 0.6) is 0 Å². The van der Waals surface area contributed by atoms with Gasteiger partial charge in [0.1, 0.15) is 5.69 Å². The Kier molecular flexibility index (Phi) is 5.72. The van der Waals surface area contributed by atoms with Crippen LogP contribution in [0.4, 0.5) is 0 Å². The summed E-state index contributed by atoms with van der Waals surface area (Å²) in [5, 5.41) is 0. The number of rotatable bonds is 4. The Morgan fingerprint density at radius 2 is 1.62 bits per heavy atom.